The lowest BCUT2D eigenvalue weighted by Gasteiger charge is -2.29. The number of ether oxygens (including phenoxy) is 1. The van der Waals surface area contributed by atoms with Gasteiger partial charge in [-0.1, -0.05) is 20.8 Å². The van der Waals surface area contributed by atoms with Gasteiger partial charge in [0.15, 0.2) is 0 Å². The van der Waals surface area contributed by atoms with Crippen molar-refractivity contribution in [2.24, 2.45) is 5.41 Å². The van der Waals surface area contributed by atoms with Crippen LogP contribution in [-0.4, -0.2) is 42.4 Å². The van der Waals surface area contributed by atoms with Crippen LogP contribution in [0.25, 0.3) is 0 Å². The van der Waals surface area contributed by atoms with E-state index in [1.807, 2.05) is 13.8 Å². The van der Waals surface area contributed by atoms with Crippen molar-refractivity contribution in [2.75, 3.05) is 13.7 Å². The van der Waals surface area contributed by atoms with Gasteiger partial charge in [0.05, 0.1) is 5.60 Å². The number of hydrogen-bond donors (Lipinski definition) is 3. The van der Waals surface area contributed by atoms with Crippen LogP contribution in [0.1, 0.15) is 34.6 Å². The summed E-state index contributed by atoms with van der Waals surface area (Å²) in [5, 5.41) is 14.1. The average molecular weight is 260 g/mol. The van der Waals surface area contributed by atoms with E-state index >= 15 is 0 Å². The zero-order chi connectivity index (χ0) is 14.6. The third-order valence-corrected chi connectivity index (χ3v) is 2.62. The topological polar surface area (TPSA) is 87.7 Å². The summed E-state index contributed by atoms with van der Waals surface area (Å²) in [5.74, 6) is -1.05. The molecule has 0 saturated carbocycles. The van der Waals surface area contributed by atoms with E-state index in [9.17, 15) is 9.59 Å². The lowest BCUT2D eigenvalue weighted by atomic mass is 9.87. The Kier molecular flexibility index (Phi) is 5.60. The highest BCUT2D eigenvalue weighted by atomic mass is 16.5. The zero-order valence-electron chi connectivity index (χ0n) is 12.0. The second kappa shape index (κ2) is 6.04. The van der Waals surface area contributed by atoms with Crippen LogP contribution < -0.4 is 10.6 Å². The number of amides is 2. The Hall–Kier alpha value is -1.30. The molecule has 6 heteroatoms. The molecule has 0 unspecified atom stereocenters. The number of carboxylic acid groups (broad SMARTS) is 1. The van der Waals surface area contributed by atoms with Gasteiger partial charge in [0.1, 0.15) is 6.04 Å². The van der Waals surface area contributed by atoms with Gasteiger partial charge in [0.2, 0.25) is 0 Å². The van der Waals surface area contributed by atoms with E-state index in [-0.39, 0.29) is 0 Å². The first-order valence-corrected chi connectivity index (χ1v) is 5.82. The summed E-state index contributed by atoms with van der Waals surface area (Å²) in [6, 6.07) is -1.45. The maximum Gasteiger partial charge on any atom is 0.326 e. The smallest absolute Gasteiger partial charge is 0.326 e. The highest BCUT2D eigenvalue weighted by molar-refractivity contribution is 5.83. The fourth-order valence-corrected chi connectivity index (χ4v) is 1.20. The molecule has 2 amide bonds. The van der Waals surface area contributed by atoms with E-state index in [2.05, 4.69) is 10.6 Å². The van der Waals surface area contributed by atoms with Crippen molar-refractivity contribution in [3.05, 3.63) is 0 Å². The summed E-state index contributed by atoms with van der Waals surface area (Å²) in [4.78, 5) is 22.7. The molecule has 0 heterocycles. The first-order valence-electron chi connectivity index (χ1n) is 5.82. The fourth-order valence-electron chi connectivity index (χ4n) is 1.20. The normalized spacial score (nSPS) is 13.9. The monoisotopic (exact) mass is 260 g/mol. The molecule has 0 aliphatic carbocycles. The van der Waals surface area contributed by atoms with Crippen LogP contribution in [0.4, 0.5) is 4.79 Å². The molecular weight excluding hydrogens is 236 g/mol. The molecule has 0 aliphatic heterocycles. The van der Waals surface area contributed by atoms with Crippen LogP contribution in [-0.2, 0) is 9.53 Å². The quantitative estimate of drug-likeness (QED) is 0.693. The first-order chi connectivity index (χ1) is 7.99. The number of carbonyl (C=O) groups excluding carboxylic acids is 1. The molecule has 3 N–H and O–H groups in total. The largest absolute Gasteiger partial charge is 0.480 e. The Labute approximate surface area is 108 Å². The zero-order valence-corrected chi connectivity index (χ0v) is 12.0. The third kappa shape index (κ3) is 5.86. The SMILES string of the molecule is COC(C)(C)CNC(=O)N[C@H](C(=O)O)C(C)(C)C. The number of nitrogens with one attached hydrogen (secondary N) is 2. The Morgan fingerprint density at radius 2 is 1.72 bits per heavy atom. The van der Waals surface area contributed by atoms with E-state index in [4.69, 9.17) is 9.84 Å². The summed E-state index contributed by atoms with van der Waals surface area (Å²) in [5.41, 5.74) is -1.04. The van der Waals surface area contributed by atoms with Crippen molar-refractivity contribution in [3.8, 4) is 0 Å². The number of methoxy groups -OCH3 is 1. The molecule has 0 aromatic carbocycles. The fraction of sp³-hybridized carbons (Fsp3) is 0.833. The molecule has 0 spiro atoms. The predicted octanol–water partition coefficient (Wildman–Crippen LogP) is 1.21. The molecule has 0 rings (SSSR count). The van der Waals surface area contributed by atoms with Crippen LogP contribution in [0.15, 0.2) is 0 Å². The Balaban J connectivity index is 4.42. The Bertz CT molecular complexity index is 308. The standard InChI is InChI=1S/C12H24N2O4/c1-11(2,3)8(9(15)16)14-10(17)13-7-12(4,5)18-6/h8H,7H2,1-6H3,(H,15,16)(H2,13,14,17)/t8-/m1/s1. The van der Waals surface area contributed by atoms with Gasteiger partial charge in [-0.25, -0.2) is 9.59 Å². The average Bonchev–Trinajstić information content (AvgIpc) is 2.21. The number of rotatable bonds is 5. The first kappa shape index (κ1) is 16.7. The molecule has 0 aromatic rings. The molecule has 1 atom stereocenters. The van der Waals surface area contributed by atoms with Crippen molar-refractivity contribution in [1.29, 1.82) is 0 Å². The van der Waals surface area contributed by atoms with E-state index < -0.39 is 29.1 Å². The van der Waals surface area contributed by atoms with Crippen molar-refractivity contribution < 1.29 is 19.4 Å². The van der Waals surface area contributed by atoms with Gasteiger partial charge in [-0.05, 0) is 19.3 Å². The predicted molar refractivity (Wildman–Crippen MR) is 68.5 cm³/mol. The molecule has 0 bridgehead atoms. The Morgan fingerprint density at radius 1 is 1.22 bits per heavy atom. The molecule has 18 heavy (non-hydrogen) atoms. The lowest BCUT2D eigenvalue weighted by Crippen LogP contribution is -2.54. The van der Waals surface area contributed by atoms with Crippen LogP contribution in [0.2, 0.25) is 0 Å². The van der Waals surface area contributed by atoms with Crippen molar-refractivity contribution in [3.63, 3.8) is 0 Å². The van der Waals surface area contributed by atoms with Crippen molar-refractivity contribution in [2.45, 2.75) is 46.3 Å². The van der Waals surface area contributed by atoms with Gasteiger partial charge in [-0.15, -0.1) is 0 Å². The maximum absolute atomic E-state index is 11.6. The summed E-state index contributed by atoms with van der Waals surface area (Å²) in [6.45, 7) is 9.21. The second-order valence-corrected chi connectivity index (χ2v) is 5.93. The summed E-state index contributed by atoms with van der Waals surface area (Å²) in [7, 11) is 1.55. The van der Waals surface area contributed by atoms with Crippen LogP contribution in [0.5, 0.6) is 0 Å². The molecule has 6 nitrogen and oxygen atoms in total. The summed E-state index contributed by atoms with van der Waals surface area (Å²) in [6.07, 6.45) is 0. The highest BCUT2D eigenvalue weighted by Crippen LogP contribution is 2.19. The molecule has 106 valence electrons. The molecule has 0 aromatic heterocycles. The van der Waals surface area contributed by atoms with Gasteiger partial charge in [-0.3, -0.25) is 0 Å². The number of carboxylic acids is 1. The summed E-state index contributed by atoms with van der Waals surface area (Å²) >= 11 is 0. The van der Waals surface area contributed by atoms with E-state index in [1.54, 1.807) is 27.9 Å². The van der Waals surface area contributed by atoms with Crippen molar-refractivity contribution in [1.82, 2.24) is 10.6 Å². The van der Waals surface area contributed by atoms with E-state index in [0.717, 1.165) is 0 Å². The van der Waals surface area contributed by atoms with Gasteiger partial charge in [0.25, 0.3) is 0 Å². The summed E-state index contributed by atoms with van der Waals surface area (Å²) < 4.78 is 5.15. The Morgan fingerprint density at radius 3 is 2.06 bits per heavy atom. The maximum atomic E-state index is 11.6. The minimum absolute atomic E-state index is 0.297. The molecule has 0 saturated heterocycles. The van der Waals surface area contributed by atoms with Crippen LogP contribution in [0.3, 0.4) is 0 Å². The third-order valence-electron chi connectivity index (χ3n) is 2.62. The van der Waals surface area contributed by atoms with Gasteiger partial charge >= 0.3 is 12.0 Å². The molecule has 0 aliphatic rings. The van der Waals surface area contributed by atoms with Crippen LogP contribution >= 0.6 is 0 Å². The highest BCUT2D eigenvalue weighted by Gasteiger charge is 2.32. The van der Waals surface area contributed by atoms with E-state index in [0.29, 0.717) is 6.54 Å². The molecular formula is C12H24N2O4. The van der Waals surface area contributed by atoms with Crippen molar-refractivity contribution >= 4 is 12.0 Å². The van der Waals surface area contributed by atoms with Gasteiger partial charge < -0.3 is 20.5 Å². The minimum atomic E-state index is -1.05. The minimum Gasteiger partial charge on any atom is -0.480 e. The number of carbonyl (C=O) groups is 2. The van der Waals surface area contributed by atoms with Gasteiger partial charge in [-0.2, -0.15) is 0 Å². The molecule has 0 radical (unpaired) electrons. The number of urea groups is 1. The van der Waals surface area contributed by atoms with E-state index in [1.165, 1.54) is 0 Å². The molecule has 0 fully saturated rings. The van der Waals surface area contributed by atoms with Gasteiger partial charge in [0, 0.05) is 13.7 Å². The number of hydrogen-bond acceptors (Lipinski definition) is 3. The van der Waals surface area contributed by atoms with Crippen LogP contribution in [0, 0.1) is 5.41 Å². The number of aliphatic carboxylic acids is 1. The lowest BCUT2D eigenvalue weighted by molar-refractivity contribution is -0.141. The second-order valence-electron chi connectivity index (χ2n) is 5.93.